The van der Waals surface area contributed by atoms with E-state index in [4.69, 9.17) is 26.3 Å². The lowest BCUT2D eigenvalue weighted by Crippen LogP contribution is -2.13. The van der Waals surface area contributed by atoms with Crippen LogP contribution in [0.15, 0.2) is 12.1 Å². The minimum absolute atomic E-state index is 0.176. The summed E-state index contributed by atoms with van der Waals surface area (Å²) in [7, 11) is 1.71. The molecule has 1 aliphatic heterocycles. The molecule has 0 aliphatic carbocycles. The second-order valence-corrected chi connectivity index (χ2v) is 3.49. The van der Waals surface area contributed by atoms with Crippen molar-refractivity contribution in [1.29, 1.82) is 5.26 Å². The molecule has 0 bridgehead atoms. The summed E-state index contributed by atoms with van der Waals surface area (Å²) in [4.78, 5) is 0. The lowest BCUT2D eigenvalue weighted by Gasteiger charge is -2.09. The molecule has 5 heteroatoms. The molecule has 1 aliphatic rings. The van der Waals surface area contributed by atoms with E-state index in [-0.39, 0.29) is 6.79 Å². The number of hydrogen-bond donors (Lipinski definition) is 1. The van der Waals surface area contributed by atoms with Crippen molar-refractivity contribution in [2.24, 2.45) is 0 Å². The number of nitriles is 1. The van der Waals surface area contributed by atoms with Crippen molar-refractivity contribution in [3.63, 3.8) is 0 Å². The van der Waals surface area contributed by atoms with Crippen molar-refractivity contribution in [3.8, 4) is 17.6 Å². The van der Waals surface area contributed by atoms with Gasteiger partial charge in [0.1, 0.15) is 6.04 Å². The number of rotatable bonds is 2. The van der Waals surface area contributed by atoms with Gasteiger partial charge in [-0.15, -0.1) is 0 Å². The molecule has 2 rings (SSSR count). The molecule has 0 spiro atoms. The van der Waals surface area contributed by atoms with Gasteiger partial charge in [0, 0.05) is 0 Å². The van der Waals surface area contributed by atoms with Gasteiger partial charge in [-0.3, -0.25) is 0 Å². The highest BCUT2D eigenvalue weighted by Crippen LogP contribution is 2.40. The van der Waals surface area contributed by atoms with Crippen molar-refractivity contribution in [2.45, 2.75) is 6.04 Å². The summed E-state index contributed by atoms with van der Waals surface area (Å²) < 4.78 is 10.4. The maximum absolute atomic E-state index is 8.89. The Morgan fingerprint density at radius 1 is 1.53 bits per heavy atom. The van der Waals surface area contributed by atoms with Crippen molar-refractivity contribution < 1.29 is 9.47 Å². The molecule has 0 saturated heterocycles. The Morgan fingerprint density at radius 3 is 3.00 bits per heavy atom. The van der Waals surface area contributed by atoms with Crippen molar-refractivity contribution in [2.75, 3.05) is 13.8 Å². The van der Waals surface area contributed by atoms with Gasteiger partial charge in [0.25, 0.3) is 0 Å². The van der Waals surface area contributed by atoms with Crippen molar-refractivity contribution in [3.05, 3.63) is 22.7 Å². The SMILES string of the molecule is CNC(C#N)c1cc(Cl)c2c(c1)OCO2. The van der Waals surface area contributed by atoms with Crippen molar-refractivity contribution in [1.82, 2.24) is 5.32 Å². The Morgan fingerprint density at radius 2 is 2.33 bits per heavy atom. The molecule has 1 aromatic rings. The predicted octanol–water partition coefficient (Wildman–Crippen LogP) is 1.85. The Labute approximate surface area is 92.4 Å². The first kappa shape index (κ1) is 10.1. The topological polar surface area (TPSA) is 54.3 Å². The molecule has 1 unspecified atom stereocenters. The van der Waals surface area contributed by atoms with E-state index in [0.29, 0.717) is 16.5 Å². The zero-order chi connectivity index (χ0) is 10.8. The highest BCUT2D eigenvalue weighted by molar-refractivity contribution is 6.32. The number of nitrogens with zero attached hydrogens (tertiary/aromatic N) is 1. The lowest BCUT2D eigenvalue weighted by molar-refractivity contribution is 0.174. The summed E-state index contributed by atoms with van der Waals surface area (Å²) in [5.74, 6) is 1.14. The summed E-state index contributed by atoms with van der Waals surface area (Å²) in [6.07, 6.45) is 0. The van der Waals surface area contributed by atoms with Crippen LogP contribution in [0.5, 0.6) is 11.5 Å². The molecular formula is C10H9ClN2O2. The number of hydrogen-bond acceptors (Lipinski definition) is 4. The third-order valence-corrected chi connectivity index (χ3v) is 2.48. The summed E-state index contributed by atoms with van der Waals surface area (Å²) in [5.41, 5.74) is 0.772. The van der Waals surface area contributed by atoms with Gasteiger partial charge < -0.3 is 14.8 Å². The number of halogens is 1. The fraction of sp³-hybridized carbons (Fsp3) is 0.300. The van der Waals surface area contributed by atoms with E-state index in [1.165, 1.54) is 0 Å². The Hall–Kier alpha value is -1.44. The molecule has 1 heterocycles. The Bertz CT molecular complexity index is 428. The second-order valence-electron chi connectivity index (χ2n) is 3.09. The first-order chi connectivity index (χ1) is 7.26. The van der Waals surface area contributed by atoms with Crippen LogP contribution in [0.4, 0.5) is 0 Å². The monoisotopic (exact) mass is 224 g/mol. The molecular weight excluding hydrogens is 216 g/mol. The van der Waals surface area contributed by atoms with Crippen molar-refractivity contribution >= 4 is 11.6 Å². The lowest BCUT2D eigenvalue weighted by atomic mass is 10.1. The quantitative estimate of drug-likeness (QED) is 0.833. The number of nitrogens with one attached hydrogen (secondary N) is 1. The van der Waals surface area contributed by atoms with Gasteiger partial charge in [-0.05, 0) is 24.7 Å². The third-order valence-electron chi connectivity index (χ3n) is 2.20. The summed E-state index contributed by atoms with van der Waals surface area (Å²) in [6.45, 7) is 0.176. The van der Waals surface area contributed by atoms with Crippen LogP contribution in [0, 0.1) is 11.3 Å². The van der Waals surface area contributed by atoms with E-state index < -0.39 is 6.04 Å². The first-order valence-corrected chi connectivity index (χ1v) is 4.80. The summed E-state index contributed by atoms with van der Waals surface area (Å²) >= 11 is 5.99. The van der Waals surface area contributed by atoms with E-state index >= 15 is 0 Å². The molecule has 4 nitrogen and oxygen atoms in total. The van der Waals surface area contributed by atoms with Crippen LogP contribution < -0.4 is 14.8 Å². The van der Waals surface area contributed by atoms with Crippen LogP contribution in [-0.4, -0.2) is 13.8 Å². The van der Waals surface area contributed by atoms with Crippen LogP contribution in [0.25, 0.3) is 0 Å². The molecule has 0 radical (unpaired) electrons. The minimum atomic E-state index is -0.392. The fourth-order valence-corrected chi connectivity index (χ4v) is 1.73. The molecule has 1 aromatic carbocycles. The maximum Gasteiger partial charge on any atom is 0.231 e. The van der Waals surface area contributed by atoms with Crippen LogP contribution in [0.3, 0.4) is 0 Å². The van der Waals surface area contributed by atoms with Gasteiger partial charge >= 0.3 is 0 Å². The van der Waals surface area contributed by atoms with E-state index in [9.17, 15) is 0 Å². The number of ether oxygens (including phenoxy) is 2. The van der Waals surface area contributed by atoms with Gasteiger partial charge in [0.05, 0.1) is 11.1 Å². The highest BCUT2D eigenvalue weighted by Gasteiger charge is 2.20. The second kappa shape index (κ2) is 3.97. The van der Waals surface area contributed by atoms with E-state index in [0.717, 1.165) is 5.56 Å². The van der Waals surface area contributed by atoms with Crippen LogP contribution >= 0.6 is 11.6 Å². The molecule has 0 aromatic heterocycles. The van der Waals surface area contributed by atoms with Crippen LogP contribution in [0.2, 0.25) is 5.02 Å². The largest absolute Gasteiger partial charge is 0.454 e. The van der Waals surface area contributed by atoms with E-state index in [2.05, 4.69) is 11.4 Å². The molecule has 0 amide bonds. The average molecular weight is 225 g/mol. The average Bonchev–Trinajstić information content (AvgIpc) is 2.68. The first-order valence-electron chi connectivity index (χ1n) is 4.42. The zero-order valence-corrected chi connectivity index (χ0v) is 8.84. The Balaban J connectivity index is 2.44. The van der Waals surface area contributed by atoms with Crippen LogP contribution in [-0.2, 0) is 0 Å². The summed E-state index contributed by atoms with van der Waals surface area (Å²) in [6, 6.07) is 5.20. The normalized spacial score (nSPS) is 14.7. The zero-order valence-electron chi connectivity index (χ0n) is 8.08. The number of fused-ring (bicyclic) bond motifs is 1. The van der Waals surface area contributed by atoms with E-state index in [1.807, 2.05) is 0 Å². The fourth-order valence-electron chi connectivity index (χ4n) is 1.46. The predicted molar refractivity (Wildman–Crippen MR) is 55.0 cm³/mol. The van der Waals surface area contributed by atoms with Gasteiger partial charge in [0.15, 0.2) is 11.5 Å². The summed E-state index contributed by atoms with van der Waals surface area (Å²) in [5, 5.41) is 12.2. The van der Waals surface area contributed by atoms with Gasteiger partial charge in [0.2, 0.25) is 6.79 Å². The molecule has 0 saturated carbocycles. The molecule has 0 fully saturated rings. The molecule has 1 atom stereocenters. The van der Waals surface area contributed by atoms with Gasteiger partial charge in [-0.2, -0.15) is 5.26 Å². The molecule has 1 N–H and O–H groups in total. The van der Waals surface area contributed by atoms with Gasteiger partial charge in [-0.25, -0.2) is 0 Å². The smallest absolute Gasteiger partial charge is 0.231 e. The van der Waals surface area contributed by atoms with E-state index in [1.54, 1.807) is 19.2 Å². The third kappa shape index (κ3) is 1.72. The Kier molecular flexibility index (Phi) is 2.67. The number of benzene rings is 1. The highest BCUT2D eigenvalue weighted by atomic mass is 35.5. The van der Waals surface area contributed by atoms with Crippen LogP contribution in [0.1, 0.15) is 11.6 Å². The minimum Gasteiger partial charge on any atom is -0.454 e. The maximum atomic E-state index is 8.89. The molecule has 15 heavy (non-hydrogen) atoms. The molecule has 78 valence electrons. The van der Waals surface area contributed by atoms with Gasteiger partial charge in [-0.1, -0.05) is 11.6 Å². The standard InChI is InChI=1S/C10H9ClN2O2/c1-13-8(4-12)6-2-7(11)10-9(3-6)14-5-15-10/h2-3,8,13H,5H2,1H3.